The average molecular weight is 372 g/mol. The minimum absolute atomic E-state index is 0.384. The van der Waals surface area contributed by atoms with E-state index in [-0.39, 0.29) is 0 Å². The van der Waals surface area contributed by atoms with Gasteiger partial charge in [-0.05, 0) is 71.3 Å². The second-order valence-electron chi connectivity index (χ2n) is 5.55. The third-order valence-corrected chi connectivity index (χ3v) is 5.21. The summed E-state index contributed by atoms with van der Waals surface area (Å²) in [5, 5.41) is 9.85. The van der Waals surface area contributed by atoms with E-state index in [0.29, 0.717) is 11.7 Å². The molecule has 0 spiro atoms. The van der Waals surface area contributed by atoms with E-state index in [9.17, 15) is 5.11 Å². The van der Waals surface area contributed by atoms with E-state index < -0.39 is 0 Å². The van der Waals surface area contributed by atoms with Gasteiger partial charge in [-0.3, -0.25) is 0 Å². The molecule has 2 rings (SSSR count). The van der Waals surface area contributed by atoms with Crippen LogP contribution in [0.5, 0.6) is 5.75 Å². The Morgan fingerprint density at radius 3 is 2.45 bits per heavy atom. The van der Waals surface area contributed by atoms with Gasteiger partial charge in [-0.15, -0.1) is 0 Å². The number of hydrogen-bond acceptors (Lipinski definition) is 2. The van der Waals surface area contributed by atoms with Gasteiger partial charge in [0.05, 0.1) is 4.47 Å². The van der Waals surface area contributed by atoms with Gasteiger partial charge >= 0.3 is 0 Å². The fourth-order valence-corrected chi connectivity index (χ4v) is 3.96. The summed E-state index contributed by atoms with van der Waals surface area (Å²) >= 11 is 3.57. The van der Waals surface area contributed by atoms with E-state index in [2.05, 4.69) is 41.6 Å². The van der Waals surface area contributed by atoms with E-state index in [4.69, 9.17) is 0 Å². The second-order valence-corrected chi connectivity index (χ2v) is 6.35. The highest BCUT2D eigenvalue weighted by atomic mass is 79.9. The predicted molar refractivity (Wildman–Crippen MR) is 102 cm³/mol. The van der Waals surface area contributed by atoms with Crippen LogP contribution in [0.4, 0.5) is 0 Å². The number of nitrogens with two attached hydrogens (primary N) is 1. The molecule has 0 aliphatic heterocycles. The smallest absolute Gasteiger partial charge is 0.130 e. The Morgan fingerprint density at radius 1 is 1.23 bits per heavy atom. The maximum atomic E-state index is 9.85. The van der Waals surface area contributed by atoms with Crippen molar-refractivity contribution >= 4 is 15.9 Å². The maximum Gasteiger partial charge on any atom is 0.130 e. The highest BCUT2D eigenvalue weighted by Crippen LogP contribution is 2.44. The summed E-state index contributed by atoms with van der Waals surface area (Å²) in [6.45, 7) is 8.58. The molecular formula is C19H34BrNO. The Balaban J connectivity index is 0.00000102. The zero-order chi connectivity index (χ0) is 17.1. The van der Waals surface area contributed by atoms with Crippen molar-refractivity contribution in [1.82, 2.24) is 0 Å². The van der Waals surface area contributed by atoms with Crippen molar-refractivity contribution in [2.75, 3.05) is 7.05 Å². The highest BCUT2D eigenvalue weighted by molar-refractivity contribution is 9.10. The number of aryl methyl sites for hydroxylation is 1. The first-order valence-corrected chi connectivity index (χ1v) is 9.52. The molecule has 3 N–H and O–H groups in total. The molecule has 0 saturated heterocycles. The zero-order valence-corrected chi connectivity index (χ0v) is 16.5. The molecular weight excluding hydrogens is 338 g/mol. The van der Waals surface area contributed by atoms with Crippen LogP contribution < -0.4 is 5.73 Å². The minimum Gasteiger partial charge on any atom is -0.507 e. The van der Waals surface area contributed by atoms with Crippen LogP contribution in [0.3, 0.4) is 0 Å². The Hall–Kier alpha value is -0.540. The first-order chi connectivity index (χ1) is 10.6. The Labute approximate surface area is 145 Å². The number of halogens is 1. The molecule has 0 amide bonds. The van der Waals surface area contributed by atoms with Crippen molar-refractivity contribution in [2.45, 2.75) is 72.1 Å². The topological polar surface area (TPSA) is 46.2 Å². The number of hydrogen-bond donors (Lipinski definition) is 2. The molecule has 1 aliphatic carbocycles. The molecule has 0 saturated carbocycles. The lowest BCUT2D eigenvalue weighted by Crippen LogP contribution is -2.19. The SMILES string of the molecule is CC.CCCCCC1CCc2ccc(O)c(Br)c2C1C.CN. The molecule has 1 aliphatic rings. The van der Waals surface area contributed by atoms with Crippen LogP contribution in [-0.4, -0.2) is 12.2 Å². The molecule has 2 atom stereocenters. The van der Waals surface area contributed by atoms with Crippen LogP contribution in [0.25, 0.3) is 0 Å². The van der Waals surface area contributed by atoms with Gasteiger partial charge in [0.25, 0.3) is 0 Å². The lowest BCUT2D eigenvalue weighted by Gasteiger charge is -2.32. The Morgan fingerprint density at radius 2 is 1.86 bits per heavy atom. The standard InChI is InChI=1S/C16H23BrO.C2H6.CH5N/c1-3-4-5-6-12-7-8-13-9-10-14(18)16(17)15(13)11(12)2;2*1-2/h9-12,18H,3-8H2,1-2H3;1-2H3;2H2,1H3. The summed E-state index contributed by atoms with van der Waals surface area (Å²) in [6, 6.07) is 3.90. The monoisotopic (exact) mass is 371 g/mol. The highest BCUT2D eigenvalue weighted by Gasteiger charge is 2.28. The fourth-order valence-electron chi connectivity index (χ4n) is 3.21. The summed E-state index contributed by atoms with van der Waals surface area (Å²) in [7, 11) is 1.50. The van der Waals surface area contributed by atoms with Crippen molar-refractivity contribution in [2.24, 2.45) is 11.7 Å². The largest absolute Gasteiger partial charge is 0.507 e. The third kappa shape index (κ3) is 5.58. The van der Waals surface area contributed by atoms with Crippen LogP contribution in [0, 0.1) is 5.92 Å². The van der Waals surface area contributed by atoms with Gasteiger partial charge in [-0.2, -0.15) is 0 Å². The van der Waals surface area contributed by atoms with Crippen molar-refractivity contribution in [1.29, 1.82) is 0 Å². The molecule has 22 heavy (non-hydrogen) atoms. The summed E-state index contributed by atoms with van der Waals surface area (Å²) in [4.78, 5) is 0. The lowest BCUT2D eigenvalue weighted by molar-refractivity contribution is 0.350. The van der Waals surface area contributed by atoms with E-state index in [0.717, 1.165) is 16.8 Å². The van der Waals surface area contributed by atoms with Gasteiger partial charge in [-0.25, -0.2) is 0 Å². The first-order valence-electron chi connectivity index (χ1n) is 8.73. The van der Waals surface area contributed by atoms with Gasteiger partial charge in [0.15, 0.2) is 0 Å². The van der Waals surface area contributed by atoms with Crippen LogP contribution >= 0.6 is 15.9 Å². The molecule has 0 radical (unpaired) electrons. The number of fused-ring (bicyclic) bond motifs is 1. The molecule has 0 aromatic heterocycles. The Kier molecular flexibility index (Phi) is 11.7. The van der Waals surface area contributed by atoms with Crippen molar-refractivity contribution < 1.29 is 5.11 Å². The summed E-state index contributed by atoms with van der Waals surface area (Å²) in [5.41, 5.74) is 7.27. The molecule has 1 aromatic rings. The van der Waals surface area contributed by atoms with E-state index in [1.165, 1.54) is 50.3 Å². The normalized spacial score (nSPS) is 19.2. The number of unbranched alkanes of at least 4 members (excludes halogenated alkanes) is 2. The van der Waals surface area contributed by atoms with Crippen molar-refractivity contribution in [3.8, 4) is 5.75 Å². The molecule has 0 heterocycles. The van der Waals surface area contributed by atoms with Gasteiger partial charge in [-0.1, -0.05) is 53.0 Å². The van der Waals surface area contributed by atoms with Crippen LogP contribution in [0.2, 0.25) is 0 Å². The van der Waals surface area contributed by atoms with Gasteiger partial charge in [0.2, 0.25) is 0 Å². The Bertz CT molecular complexity index is 420. The summed E-state index contributed by atoms with van der Waals surface area (Å²) < 4.78 is 0.924. The molecule has 128 valence electrons. The van der Waals surface area contributed by atoms with Gasteiger partial charge in [0, 0.05) is 0 Å². The molecule has 2 nitrogen and oxygen atoms in total. The molecule has 0 bridgehead atoms. The first kappa shape index (κ1) is 21.5. The van der Waals surface area contributed by atoms with Crippen LogP contribution in [0.15, 0.2) is 16.6 Å². The molecule has 2 unspecified atom stereocenters. The second kappa shape index (κ2) is 12.0. The van der Waals surface area contributed by atoms with Gasteiger partial charge in [0.1, 0.15) is 5.75 Å². The molecule has 0 fully saturated rings. The van der Waals surface area contributed by atoms with Crippen LogP contribution in [0.1, 0.15) is 76.8 Å². The number of rotatable bonds is 4. The van der Waals surface area contributed by atoms with E-state index >= 15 is 0 Å². The molecule has 3 heteroatoms. The summed E-state index contributed by atoms with van der Waals surface area (Å²) in [5.74, 6) is 1.73. The number of phenolic OH excluding ortho intramolecular Hbond substituents is 1. The van der Waals surface area contributed by atoms with Gasteiger partial charge < -0.3 is 10.8 Å². The minimum atomic E-state index is 0.384. The lowest BCUT2D eigenvalue weighted by atomic mass is 9.74. The number of phenols is 1. The zero-order valence-electron chi connectivity index (χ0n) is 15.0. The van der Waals surface area contributed by atoms with Crippen molar-refractivity contribution in [3.05, 3.63) is 27.7 Å². The number of benzene rings is 1. The fraction of sp³-hybridized carbons (Fsp3) is 0.684. The average Bonchev–Trinajstić information content (AvgIpc) is 2.57. The number of aromatic hydroxyl groups is 1. The quantitative estimate of drug-likeness (QED) is 0.637. The third-order valence-electron chi connectivity index (χ3n) is 4.38. The predicted octanol–water partition coefficient (Wildman–Crippen LogP) is 6.00. The van der Waals surface area contributed by atoms with Crippen molar-refractivity contribution in [3.63, 3.8) is 0 Å². The van der Waals surface area contributed by atoms with Crippen LogP contribution in [-0.2, 0) is 6.42 Å². The van der Waals surface area contributed by atoms with E-state index in [1.54, 1.807) is 0 Å². The molecule has 1 aromatic carbocycles. The van der Waals surface area contributed by atoms with E-state index in [1.807, 2.05) is 19.9 Å². The summed E-state index contributed by atoms with van der Waals surface area (Å²) in [6.07, 6.45) is 7.78. The maximum absolute atomic E-state index is 9.85.